The van der Waals surface area contributed by atoms with Crippen molar-refractivity contribution >= 4 is 35.1 Å². The molecule has 3 atom stereocenters. The van der Waals surface area contributed by atoms with E-state index in [-0.39, 0.29) is 6.23 Å². The molecule has 4 nitrogen and oxygen atoms in total. The van der Waals surface area contributed by atoms with E-state index >= 15 is 0 Å². The molecule has 0 heterocycles. The zero-order valence-electron chi connectivity index (χ0n) is 14.6. The highest BCUT2D eigenvalue weighted by Gasteiger charge is 2.29. The van der Waals surface area contributed by atoms with Gasteiger partial charge in [0.2, 0.25) is 11.4 Å². The van der Waals surface area contributed by atoms with Gasteiger partial charge in [-0.25, -0.2) is 0 Å². The third-order valence-corrected chi connectivity index (χ3v) is 6.81. The zero-order valence-corrected chi connectivity index (χ0v) is 17.2. The summed E-state index contributed by atoms with van der Waals surface area (Å²) < 4.78 is 18.2. The average molecular weight is 368 g/mol. The smallest absolute Gasteiger partial charge is 0.355 e. The van der Waals surface area contributed by atoms with E-state index in [0.717, 1.165) is 37.4 Å². The van der Waals surface area contributed by atoms with Crippen LogP contribution in [0.4, 0.5) is 0 Å². The Morgan fingerprint density at radius 1 is 1.32 bits per heavy atom. The van der Waals surface area contributed by atoms with E-state index in [4.69, 9.17) is 16.7 Å². The van der Waals surface area contributed by atoms with Gasteiger partial charge in [-0.3, -0.25) is 5.32 Å². The molecule has 0 bridgehead atoms. The first-order valence-electron chi connectivity index (χ1n) is 8.32. The topological polar surface area (TPSA) is 41.6 Å². The highest BCUT2D eigenvalue weighted by Crippen LogP contribution is 2.41. The van der Waals surface area contributed by atoms with Crippen LogP contribution in [-0.2, 0) is 9.09 Å². The third-order valence-electron chi connectivity index (χ3n) is 3.66. The minimum atomic E-state index is -1.83. The Bertz CT molecular complexity index is 329. The summed E-state index contributed by atoms with van der Waals surface area (Å²) in [5, 5.41) is 3.33. The lowest BCUT2D eigenvalue weighted by molar-refractivity contribution is 0.189. The fourth-order valence-electron chi connectivity index (χ4n) is 2.07. The van der Waals surface area contributed by atoms with Gasteiger partial charge < -0.3 is 4.90 Å². The molecule has 0 aliphatic heterocycles. The Hall–Kier alpha value is 0.260. The molecule has 0 rings (SSSR count). The standard InChI is InChI=1S/C15H32N2O2PS2/c1-6-10-11-14(7-2)12-16-13(5)19-20(18)22-15(21)17(8-3)9-4/h13-14,16H,6-12H2,1-5H3/q+1. The van der Waals surface area contributed by atoms with Crippen molar-refractivity contribution in [3.05, 3.63) is 0 Å². The Labute approximate surface area is 146 Å². The normalized spacial score (nSPS) is 14.5. The number of thiocarbonyl (C=S) groups is 1. The Kier molecular flexibility index (Phi) is 13.8. The molecule has 0 fully saturated rings. The molecular weight excluding hydrogens is 335 g/mol. The molecule has 0 aromatic heterocycles. The van der Waals surface area contributed by atoms with E-state index in [9.17, 15) is 4.57 Å². The predicted octanol–water partition coefficient (Wildman–Crippen LogP) is 5.17. The van der Waals surface area contributed by atoms with Crippen LogP contribution in [0, 0.1) is 5.92 Å². The van der Waals surface area contributed by atoms with Gasteiger partial charge >= 0.3 is 7.23 Å². The summed E-state index contributed by atoms with van der Waals surface area (Å²) in [5.74, 6) is 0.660. The number of unbranched alkanes of at least 4 members (excludes halogenated alkanes) is 1. The number of nitrogens with zero attached hydrogens (tertiary/aromatic N) is 1. The summed E-state index contributed by atoms with van der Waals surface area (Å²) in [6, 6.07) is 0. The molecule has 130 valence electrons. The molecule has 22 heavy (non-hydrogen) atoms. The van der Waals surface area contributed by atoms with Crippen LogP contribution in [0.15, 0.2) is 0 Å². The second-order valence-corrected chi connectivity index (χ2v) is 8.64. The SMILES string of the molecule is CCCCC(CC)CNC(C)O[P+](=O)SC(=S)N(CC)CC. The van der Waals surface area contributed by atoms with Crippen LogP contribution in [-0.4, -0.2) is 35.1 Å². The molecule has 1 N–H and O–H groups in total. The van der Waals surface area contributed by atoms with Gasteiger partial charge in [0.15, 0.2) is 10.5 Å². The van der Waals surface area contributed by atoms with Crippen LogP contribution < -0.4 is 5.32 Å². The average Bonchev–Trinajstić information content (AvgIpc) is 2.48. The van der Waals surface area contributed by atoms with E-state index in [1.54, 1.807) is 0 Å². The molecule has 0 amide bonds. The van der Waals surface area contributed by atoms with Gasteiger partial charge in [-0.05, 0) is 49.9 Å². The van der Waals surface area contributed by atoms with Crippen molar-refractivity contribution < 1.29 is 9.09 Å². The monoisotopic (exact) mass is 367 g/mol. The van der Waals surface area contributed by atoms with Crippen LogP contribution in [0.5, 0.6) is 0 Å². The molecule has 0 spiro atoms. The van der Waals surface area contributed by atoms with Crippen LogP contribution in [0.2, 0.25) is 0 Å². The van der Waals surface area contributed by atoms with E-state index in [1.165, 1.54) is 19.3 Å². The van der Waals surface area contributed by atoms with Gasteiger partial charge in [0.25, 0.3) is 0 Å². The van der Waals surface area contributed by atoms with Crippen molar-refractivity contribution in [1.29, 1.82) is 0 Å². The Morgan fingerprint density at radius 2 is 1.95 bits per heavy atom. The van der Waals surface area contributed by atoms with Gasteiger partial charge in [0, 0.05) is 19.6 Å². The van der Waals surface area contributed by atoms with E-state index in [1.807, 2.05) is 25.7 Å². The summed E-state index contributed by atoms with van der Waals surface area (Å²) in [6.45, 7) is 13.0. The van der Waals surface area contributed by atoms with E-state index in [2.05, 4.69) is 19.2 Å². The van der Waals surface area contributed by atoms with Crippen molar-refractivity contribution in [2.45, 2.75) is 66.5 Å². The highest BCUT2D eigenvalue weighted by atomic mass is 32.7. The largest absolute Gasteiger partial charge is 0.594 e. The van der Waals surface area contributed by atoms with Crippen LogP contribution >= 0.6 is 30.8 Å². The second-order valence-electron chi connectivity index (χ2n) is 5.33. The number of hydrogen-bond donors (Lipinski definition) is 1. The molecule has 0 saturated carbocycles. The Morgan fingerprint density at radius 3 is 2.45 bits per heavy atom. The van der Waals surface area contributed by atoms with Gasteiger partial charge in [0.05, 0.1) is 0 Å². The number of rotatable bonds is 12. The first-order chi connectivity index (χ1) is 10.5. The van der Waals surface area contributed by atoms with Crippen molar-refractivity contribution in [3.63, 3.8) is 0 Å². The van der Waals surface area contributed by atoms with Crippen molar-refractivity contribution in [1.82, 2.24) is 10.2 Å². The number of nitrogens with one attached hydrogen (secondary N) is 1. The van der Waals surface area contributed by atoms with Gasteiger partial charge in [-0.15, -0.1) is 4.52 Å². The van der Waals surface area contributed by atoms with Gasteiger partial charge in [-0.1, -0.05) is 33.1 Å². The van der Waals surface area contributed by atoms with Crippen LogP contribution in [0.25, 0.3) is 0 Å². The molecule has 0 saturated heterocycles. The fourth-order valence-corrected chi connectivity index (χ4v) is 5.00. The Balaban J connectivity index is 4.06. The molecule has 0 aliphatic rings. The fraction of sp³-hybridized carbons (Fsp3) is 0.933. The molecule has 7 heteroatoms. The van der Waals surface area contributed by atoms with E-state index < -0.39 is 7.23 Å². The summed E-state index contributed by atoms with van der Waals surface area (Å²) in [6.07, 6.45) is 4.67. The van der Waals surface area contributed by atoms with Crippen molar-refractivity contribution in [2.75, 3.05) is 19.6 Å². The van der Waals surface area contributed by atoms with Crippen LogP contribution in [0.1, 0.15) is 60.3 Å². The quantitative estimate of drug-likeness (QED) is 0.291. The predicted molar refractivity (Wildman–Crippen MR) is 103 cm³/mol. The minimum Gasteiger partial charge on any atom is -0.355 e. The zero-order chi connectivity index (χ0) is 17.0. The molecule has 0 radical (unpaired) electrons. The molecule has 0 aromatic carbocycles. The summed E-state index contributed by atoms with van der Waals surface area (Å²) in [5.41, 5.74) is 0. The lowest BCUT2D eigenvalue weighted by Crippen LogP contribution is -2.32. The van der Waals surface area contributed by atoms with Crippen molar-refractivity contribution in [3.8, 4) is 0 Å². The molecular formula is C15H32N2O2PS2+. The lowest BCUT2D eigenvalue weighted by atomic mass is 9.99. The number of hydrogen-bond acceptors (Lipinski definition) is 5. The minimum absolute atomic E-state index is 0.216. The first-order valence-corrected chi connectivity index (χ1v) is 11.3. The van der Waals surface area contributed by atoms with Gasteiger partial charge in [-0.2, -0.15) is 0 Å². The first kappa shape index (κ1) is 22.3. The summed E-state index contributed by atoms with van der Waals surface area (Å²) >= 11 is 6.42. The lowest BCUT2D eigenvalue weighted by Gasteiger charge is -2.18. The van der Waals surface area contributed by atoms with Gasteiger partial charge in [0.1, 0.15) is 0 Å². The maximum absolute atomic E-state index is 12.0. The van der Waals surface area contributed by atoms with Crippen molar-refractivity contribution in [2.24, 2.45) is 5.92 Å². The summed E-state index contributed by atoms with van der Waals surface area (Å²) in [7, 11) is -1.83. The maximum atomic E-state index is 12.0. The third kappa shape index (κ3) is 10.1. The maximum Gasteiger partial charge on any atom is 0.594 e. The van der Waals surface area contributed by atoms with E-state index in [0.29, 0.717) is 10.2 Å². The second kappa shape index (κ2) is 13.7. The molecule has 0 aromatic rings. The molecule has 3 unspecified atom stereocenters. The summed E-state index contributed by atoms with van der Waals surface area (Å²) in [4.78, 5) is 2.01. The van der Waals surface area contributed by atoms with Crippen LogP contribution in [0.3, 0.4) is 0 Å². The highest BCUT2D eigenvalue weighted by molar-refractivity contribution is 8.61. The molecule has 0 aliphatic carbocycles.